The van der Waals surface area contributed by atoms with Gasteiger partial charge in [0.05, 0.1) is 25.4 Å². The lowest BCUT2D eigenvalue weighted by Crippen LogP contribution is -2.34. The molecule has 55 heavy (non-hydrogen) atoms. The summed E-state index contributed by atoms with van der Waals surface area (Å²) in [6.45, 7) is 2.69. The van der Waals surface area contributed by atoms with Crippen LogP contribution in [0.25, 0.3) is 0 Å². The average molecular weight is 800 g/mol. The maximum absolute atomic E-state index is 12.7. The summed E-state index contributed by atoms with van der Waals surface area (Å²) in [5.74, 6) is -2.46. The van der Waals surface area contributed by atoms with E-state index in [9.17, 15) is 23.8 Å². The molecule has 13 heteroatoms. The standard InChI is InChI=1S/C42H74NO11P/c1-3-5-7-9-11-13-15-17-19-21-23-25-27-31-40(44)50-33-36(34-51-55(48,49)52-35-37(43)42(46)47)53-41(45)32-28-30-39-38(54-39)29-26-24-22-20-18-16-14-12-10-8-6-4-2/h12,14,18,20,24,26,36-39H,3-11,13,15-17,19,21-23,25,27-35,43H2,1-2H3,(H,46,47)(H,48,49)/b14-12-,20-18-,26-24-/t36-,37+,38?,39?/m1/s1. The van der Waals surface area contributed by atoms with Gasteiger partial charge in [-0.05, 0) is 51.4 Å². The Kier molecular flexibility index (Phi) is 31.1. The molecule has 0 bridgehead atoms. The summed E-state index contributed by atoms with van der Waals surface area (Å²) in [4.78, 5) is 46.0. The van der Waals surface area contributed by atoms with Crippen LogP contribution in [0.4, 0.5) is 0 Å². The van der Waals surface area contributed by atoms with Gasteiger partial charge < -0.3 is 29.9 Å². The summed E-state index contributed by atoms with van der Waals surface area (Å²) in [7, 11) is -4.74. The molecule has 1 saturated heterocycles. The fraction of sp³-hybridized carbons (Fsp3) is 0.786. The molecule has 1 heterocycles. The number of phosphoric ester groups is 1. The SMILES string of the molecule is CCCCC/C=C\C/C=C\C/C=C\CC1OC1CCCC(=O)O[C@H](COC(=O)CCCCCCCCCCCCCCC)COP(=O)(O)OC[C@H](N)C(=O)O. The highest BCUT2D eigenvalue weighted by atomic mass is 31.2. The van der Waals surface area contributed by atoms with Gasteiger partial charge in [-0.15, -0.1) is 0 Å². The molecule has 0 aliphatic carbocycles. The second kappa shape index (κ2) is 33.8. The van der Waals surface area contributed by atoms with Crippen molar-refractivity contribution in [2.45, 2.75) is 192 Å². The number of phosphoric acid groups is 1. The van der Waals surface area contributed by atoms with E-state index in [-0.39, 0.29) is 31.7 Å². The number of epoxide rings is 1. The Hall–Kier alpha value is -2.34. The third kappa shape index (κ3) is 31.4. The first-order valence-electron chi connectivity index (χ1n) is 21.1. The van der Waals surface area contributed by atoms with Crippen LogP contribution in [0.2, 0.25) is 0 Å². The Bertz CT molecular complexity index is 1140. The van der Waals surface area contributed by atoms with Gasteiger partial charge in [0.25, 0.3) is 0 Å². The van der Waals surface area contributed by atoms with Crippen LogP contribution in [0, 0.1) is 0 Å². The average Bonchev–Trinajstić information content (AvgIpc) is 3.91. The van der Waals surface area contributed by atoms with Crippen LogP contribution >= 0.6 is 7.82 Å². The topological polar surface area (TPSA) is 184 Å². The fourth-order valence-electron chi connectivity index (χ4n) is 5.86. The van der Waals surface area contributed by atoms with E-state index in [1.165, 1.54) is 77.0 Å². The number of unbranched alkanes of at least 4 members (excludes halogenated alkanes) is 15. The number of esters is 2. The molecular weight excluding hydrogens is 725 g/mol. The number of carboxylic acid groups (broad SMARTS) is 1. The highest BCUT2D eigenvalue weighted by Gasteiger charge is 2.37. The Labute approximate surface area is 331 Å². The molecule has 318 valence electrons. The number of aliphatic carboxylic acids is 1. The third-order valence-corrected chi connectivity index (χ3v) is 10.3. The maximum Gasteiger partial charge on any atom is 0.472 e. The number of hydrogen-bond acceptors (Lipinski definition) is 10. The van der Waals surface area contributed by atoms with Crippen molar-refractivity contribution in [1.82, 2.24) is 0 Å². The zero-order valence-electron chi connectivity index (χ0n) is 34.0. The third-order valence-electron chi connectivity index (χ3n) is 9.32. The van der Waals surface area contributed by atoms with Gasteiger partial charge in [0.2, 0.25) is 0 Å². The van der Waals surface area contributed by atoms with Crippen molar-refractivity contribution in [1.29, 1.82) is 0 Å². The van der Waals surface area contributed by atoms with Crippen LogP contribution in [0.15, 0.2) is 36.5 Å². The molecule has 1 rings (SSSR count). The predicted octanol–water partition coefficient (Wildman–Crippen LogP) is 9.83. The summed E-state index contributed by atoms with van der Waals surface area (Å²) in [5, 5.41) is 8.89. The quantitative estimate of drug-likeness (QED) is 0.0177. The van der Waals surface area contributed by atoms with Crippen molar-refractivity contribution in [3.63, 3.8) is 0 Å². The van der Waals surface area contributed by atoms with Crippen LogP contribution < -0.4 is 5.73 Å². The molecule has 1 fully saturated rings. The van der Waals surface area contributed by atoms with E-state index in [0.717, 1.165) is 44.9 Å². The van der Waals surface area contributed by atoms with Crippen molar-refractivity contribution in [3.05, 3.63) is 36.5 Å². The molecule has 1 aliphatic heterocycles. The molecule has 12 nitrogen and oxygen atoms in total. The zero-order chi connectivity index (χ0) is 40.4. The minimum Gasteiger partial charge on any atom is -0.480 e. The van der Waals surface area contributed by atoms with E-state index < -0.39 is 51.1 Å². The minimum absolute atomic E-state index is 0.0738. The number of carboxylic acids is 1. The molecule has 0 radical (unpaired) electrons. The number of rotatable bonds is 38. The molecule has 0 spiro atoms. The van der Waals surface area contributed by atoms with Gasteiger partial charge in [-0.25, -0.2) is 4.57 Å². The Morgan fingerprint density at radius 3 is 1.82 bits per heavy atom. The summed E-state index contributed by atoms with van der Waals surface area (Å²) in [6, 6.07) is -1.53. The van der Waals surface area contributed by atoms with Crippen molar-refractivity contribution >= 4 is 25.7 Å². The van der Waals surface area contributed by atoms with Gasteiger partial charge in [0, 0.05) is 12.8 Å². The van der Waals surface area contributed by atoms with E-state index >= 15 is 0 Å². The van der Waals surface area contributed by atoms with Crippen molar-refractivity contribution in [2.75, 3.05) is 19.8 Å². The summed E-state index contributed by atoms with van der Waals surface area (Å²) in [6.07, 6.45) is 36.6. The number of allylic oxidation sites excluding steroid dienone is 5. The molecule has 0 saturated carbocycles. The summed E-state index contributed by atoms with van der Waals surface area (Å²) >= 11 is 0. The maximum atomic E-state index is 12.7. The Balaban J connectivity index is 2.36. The first kappa shape index (κ1) is 50.7. The second-order valence-electron chi connectivity index (χ2n) is 14.5. The lowest BCUT2D eigenvalue weighted by molar-refractivity contribution is -0.161. The molecule has 3 unspecified atom stereocenters. The predicted molar refractivity (Wildman–Crippen MR) is 216 cm³/mol. The normalized spacial score (nSPS) is 17.8. The molecule has 0 aromatic carbocycles. The largest absolute Gasteiger partial charge is 0.480 e. The molecule has 1 aliphatic rings. The highest BCUT2D eigenvalue weighted by Crippen LogP contribution is 2.43. The van der Waals surface area contributed by atoms with Crippen LogP contribution in [-0.2, 0) is 42.2 Å². The molecular formula is C42H74NO11P. The molecule has 0 amide bonds. The van der Waals surface area contributed by atoms with E-state index in [1.807, 2.05) is 0 Å². The fourth-order valence-corrected chi connectivity index (χ4v) is 6.64. The molecule has 5 atom stereocenters. The van der Waals surface area contributed by atoms with Crippen molar-refractivity contribution < 1.29 is 52.2 Å². The van der Waals surface area contributed by atoms with Gasteiger partial charge in [-0.2, -0.15) is 0 Å². The second-order valence-corrected chi connectivity index (χ2v) is 16.0. The number of nitrogens with two attached hydrogens (primary N) is 1. The van der Waals surface area contributed by atoms with E-state index in [2.05, 4.69) is 54.8 Å². The molecule has 0 aromatic rings. The monoisotopic (exact) mass is 799 g/mol. The Morgan fingerprint density at radius 2 is 1.20 bits per heavy atom. The highest BCUT2D eigenvalue weighted by molar-refractivity contribution is 7.47. The van der Waals surface area contributed by atoms with Crippen LogP contribution in [0.5, 0.6) is 0 Å². The number of hydrogen-bond donors (Lipinski definition) is 3. The van der Waals surface area contributed by atoms with Gasteiger partial charge in [0.15, 0.2) is 6.10 Å². The first-order valence-corrected chi connectivity index (χ1v) is 22.6. The minimum atomic E-state index is -4.74. The summed E-state index contributed by atoms with van der Waals surface area (Å²) < 4.78 is 38.4. The van der Waals surface area contributed by atoms with E-state index in [1.54, 1.807) is 0 Å². The zero-order valence-corrected chi connectivity index (χ0v) is 34.9. The van der Waals surface area contributed by atoms with Gasteiger partial charge in [-0.1, -0.05) is 140 Å². The Morgan fingerprint density at radius 1 is 0.673 bits per heavy atom. The molecule has 0 aromatic heterocycles. The lowest BCUT2D eigenvalue weighted by Gasteiger charge is -2.20. The summed E-state index contributed by atoms with van der Waals surface area (Å²) in [5.41, 5.74) is 5.33. The van der Waals surface area contributed by atoms with E-state index in [4.69, 9.17) is 29.6 Å². The number of ether oxygens (including phenoxy) is 3. The lowest BCUT2D eigenvalue weighted by atomic mass is 10.0. The van der Waals surface area contributed by atoms with E-state index in [0.29, 0.717) is 19.3 Å². The van der Waals surface area contributed by atoms with Crippen molar-refractivity contribution in [2.24, 2.45) is 5.73 Å². The van der Waals surface area contributed by atoms with Crippen LogP contribution in [-0.4, -0.2) is 72.1 Å². The van der Waals surface area contributed by atoms with Crippen LogP contribution in [0.3, 0.4) is 0 Å². The first-order chi connectivity index (χ1) is 26.6. The number of carbonyl (C=O) groups is 3. The smallest absolute Gasteiger partial charge is 0.472 e. The van der Waals surface area contributed by atoms with Crippen molar-refractivity contribution in [3.8, 4) is 0 Å². The van der Waals surface area contributed by atoms with Gasteiger partial charge >= 0.3 is 25.7 Å². The number of carbonyl (C=O) groups excluding carboxylic acids is 2. The van der Waals surface area contributed by atoms with Gasteiger partial charge in [0.1, 0.15) is 12.6 Å². The van der Waals surface area contributed by atoms with Gasteiger partial charge in [-0.3, -0.25) is 23.4 Å². The van der Waals surface area contributed by atoms with Crippen LogP contribution in [0.1, 0.15) is 168 Å². The molecule has 4 N–H and O–H groups in total.